The number of furan rings is 1. The highest BCUT2D eigenvalue weighted by atomic mass is 16.7. The predicted octanol–water partition coefficient (Wildman–Crippen LogP) is 3.99. The number of benzene rings is 1. The van der Waals surface area contributed by atoms with E-state index in [9.17, 15) is 4.79 Å². The molecule has 25 heavy (non-hydrogen) atoms. The third-order valence-corrected chi connectivity index (χ3v) is 4.77. The van der Waals surface area contributed by atoms with Crippen LogP contribution in [0.4, 0.5) is 0 Å². The van der Waals surface area contributed by atoms with Crippen LogP contribution in [-0.2, 0) is 11.3 Å². The van der Waals surface area contributed by atoms with Gasteiger partial charge in [0.2, 0.25) is 12.7 Å². The highest BCUT2D eigenvalue weighted by Gasteiger charge is 2.26. The molecule has 2 aliphatic rings. The number of nitrogens with zero attached hydrogens (tertiary/aromatic N) is 1. The Morgan fingerprint density at radius 3 is 2.80 bits per heavy atom. The monoisotopic (exact) mass is 339 g/mol. The van der Waals surface area contributed by atoms with Crippen molar-refractivity contribution in [3.63, 3.8) is 0 Å². The summed E-state index contributed by atoms with van der Waals surface area (Å²) in [5, 5.41) is 0. The second kappa shape index (κ2) is 7.05. The first-order chi connectivity index (χ1) is 12.3. The van der Waals surface area contributed by atoms with E-state index in [1.807, 2.05) is 35.2 Å². The van der Waals surface area contributed by atoms with E-state index in [4.69, 9.17) is 13.9 Å². The van der Waals surface area contributed by atoms with E-state index in [0.29, 0.717) is 18.3 Å². The van der Waals surface area contributed by atoms with Crippen molar-refractivity contribution in [2.45, 2.75) is 38.3 Å². The van der Waals surface area contributed by atoms with Crippen LogP contribution < -0.4 is 9.47 Å². The van der Waals surface area contributed by atoms with Crippen LogP contribution in [0.5, 0.6) is 11.5 Å². The van der Waals surface area contributed by atoms with E-state index in [2.05, 4.69) is 0 Å². The van der Waals surface area contributed by atoms with Crippen LogP contribution in [0.2, 0.25) is 0 Å². The fraction of sp³-hybridized carbons (Fsp3) is 0.350. The molecule has 0 radical (unpaired) electrons. The summed E-state index contributed by atoms with van der Waals surface area (Å²) in [5.41, 5.74) is 1.05. The van der Waals surface area contributed by atoms with Crippen molar-refractivity contribution < 1.29 is 18.7 Å². The third kappa shape index (κ3) is 3.55. The second-order valence-electron chi connectivity index (χ2n) is 6.44. The standard InChI is InChI=1S/C20H21NO4/c22-20(10-8-17-6-3-11-23-17)21(16-4-1-2-5-16)13-15-7-9-18-19(12-15)25-14-24-18/h3,6-12,16H,1-2,4-5,13-14H2. The Hall–Kier alpha value is -2.69. The second-order valence-corrected chi connectivity index (χ2v) is 6.44. The van der Waals surface area contributed by atoms with Gasteiger partial charge < -0.3 is 18.8 Å². The van der Waals surface area contributed by atoms with E-state index >= 15 is 0 Å². The predicted molar refractivity (Wildman–Crippen MR) is 93.1 cm³/mol. The molecule has 0 bridgehead atoms. The van der Waals surface area contributed by atoms with Gasteiger partial charge in [-0.05, 0) is 48.7 Å². The molecule has 4 rings (SSSR count). The van der Waals surface area contributed by atoms with E-state index in [-0.39, 0.29) is 12.7 Å². The highest BCUT2D eigenvalue weighted by molar-refractivity contribution is 5.91. The van der Waals surface area contributed by atoms with Gasteiger partial charge >= 0.3 is 0 Å². The molecule has 0 atom stereocenters. The molecule has 0 unspecified atom stereocenters. The van der Waals surface area contributed by atoms with Crippen LogP contribution in [0.15, 0.2) is 47.1 Å². The largest absolute Gasteiger partial charge is 0.465 e. The fourth-order valence-corrected chi connectivity index (χ4v) is 3.47. The zero-order valence-corrected chi connectivity index (χ0v) is 14.0. The number of ether oxygens (including phenoxy) is 2. The topological polar surface area (TPSA) is 51.9 Å². The Balaban J connectivity index is 1.52. The average molecular weight is 339 g/mol. The number of carbonyl (C=O) groups is 1. The van der Waals surface area contributed by atoms with Crippen LogP contribution in [0, 0.1) is 0 Å². The van der Waals surface area contributed by atoms with E-state index in [0.717, 1.165) is 29.9 Å². The summed E-state index contributed by atoms with van der Waals surface area (Å²) in [5.74, 6) is 2.21. The Labute approximate surface area is 146 Å². The normalized spacial score (nSPS) is 16.6. The molecule has 1 fully saturated rings. The van der Waals surface area contributed by atoms with Gasteiger partial charge in [-0.15, -0.1) is 0 Å². The Morgan fingerprint density at radius 1 is 1.16 bits per heavy atom. The lowest BCUT2D eigenvalue weighted by atomic mass is 10.1. The summed E-state index contributed by atoms with van der Waals surface area (Å²) >= 11 is 0. The van der Waals surface area contributed by atoms with Crippen LogP contribution in [0.25, 0.3) is 6.08 Å². The number of hydrogen-bond acceptors (Lipinski definition) is 4. The third-order valence-electron chi connectivity index (χ3n) is 4.77. The molecule has 0 N–H and O–H groups in total. The molecule has 2 heterocycles. The van der Waals surface area contributed by atoms with E-state index in [1.54, 1.807) is 18.4 Å². The minimum atomic E-state index is 0.0148. The molecule has 1 aromatic heterocycles. The summed E-state index contributed by atoms with van der Waals surface area (Å²) < 4.78 is 16.1. The maximum atomic E-state index is 12.8. The molecule has 1 aliphatic carbocycles. The summed E-state index contributed by atoms with van der Waals surface area (Å²) in [7, 11) is 0. The van der Waals surface area contributed by atoms with Crippen molar-refractivity contribution in [3.05, 3.63) is 54.0 Å². The van der Waals surface area contributed by atoms with Crippen LogP contribution in [0.3, 0.4) is 0 Å². The molecular formula is C20H21NO4. The molecule has 130 valence electrons. The van der Waals surface area contributed by atoms with Gasteiger partial charge in [0.15, 0.2) is 11.5 Å². The zero-order valence-electron chi connectivity index (χ0n) is 14.0. The van der Waals surface area contributed by atoms with Crippen molar-refractivity contribution in [2.24, 2.45) is 0 Å². The van der Waals surface area contributed by atoms with Crippen molar-refractivity contribution in [2.75, 3.05) is 6.79 Å². The van der Waals surface area contributed by atoms with Crippen molar-refractivity contribution in [1.82, 2.24) is 4.90 Å². The Bertz CT molecular complexity index is 760. The first-order valence-corrected chi connectivity index (χ1v) is 8.70. The molecule has 1 amide bonds. The van der Waals surface area contributed by atoms with Gasteiger partial charge in [0.1, 0.15) is 5.76 Å². The number of rotatable bonds is 5. The zero-order chi connectivity index (χ0) is 17.1. The summed E-state index contributed by atoms with van der Waals surface area (Å²) in [4.78, 5) is 14.8. The molecule has 0 spiro atoms. The quantitative estimate of drug-likeness (QED) is 0.773. The smallest absolute Gasteiger partial charge is 0.247 e. The molecule has 2 aromatic rings. The summed E-state index contributed by atoms with van der Waals surface area (Å²) in [6, 6.07) is 9.81. The van der Waals surface area contributed by atoms with Gasteiger partial charge in [0.25, 0.3) is 0 Å². The van der Waals surface area contributed by atoms with Gasteiger partial charge in [0.05, 0.1) is 6.26 Å². The lowest BCUT2D eigenvalue weighted by Crippen LogP contribution is -2.37. The number of hydrogen-bond donors (Lipinski definition) is 0. The lowest BCUT2D eigenvalue weighted by molar-refractivity contribution is -0.128. The average Bonchev–Trinajstić information content (AvgIpc) is 3.39. The maximum Gasteiger partial charge on any atom is 0.247 e. The van der Waals surface area contributed by atoms with Crippen LogP contribution in [0.1, 0.15) is 37.0 Å². The van der Waals surface area contributed by atoms with E-state index in [1.165, 1.54) is 12.8 Å². The molecule has 0 saturated heterocycles. The van der Waals surface area contributed by atoms with Gasteiger partial charge in [-0.25, -0.2) is 0 Å². The first kappa shape index (κ1) is 15.8. The van der Waals surface area contributed by atoms with Crippen LogP contribution in [-0.4, -0.2) is 23.6 Å². The Kier molecular flexibility index (Phi) is 4.46. The molecular weight excluding hydrogens is 318 g/mol. The summed E-state index contributed by atoms with van der Waals surface area (Å²) in [6.45, 7) is 0.832. The number of carbonyl (C=O) groups excluding carboxylic acids is 1. The highest BCUT2D eigenvalue weighted by Crippen LogP contribution is 2.33. The van der Waals surface area contributed by atoms with Gasteiger partial charge in [0, 0.05) is 18.7 Å². The van der Waals surface area contributed by atoms with Crippen LogP contribution >= 0.6 is 0 Å². The molecule has 1 aromatic carbocycles. The van der Waals surface area contributed by atoms with Gasteiger partial charge in [-0.1, -0.05) is 18.9 Å². The fourth-order valence-electron chi connectivity index (χ4n) is 3.47. The minimum Gasteiger partial charge on any atom is -0.465 e. The SMILES string of the molecule is O=C(C=Cc1ccco1)N(Cc1ccc2c(c1)OCO2)C1CCCC1. The molecule has 1 aliphatic heterocycles. The maximum absolute atomic E-state index is 12.8. The van der Waals surface area contributed by atoms with Gasteiger partial charge in [-0.3, -0.25) is 4.79 Å². The molecule has 5 heteroatoms. The number of fused-ring (bicyclic) bond motifs is 1. The minimum absolute atomic E-state index is 0.0148. The summed E-state index contributed by atoms with van der Waals surface area (Å²) in [6.07, 6.45) is 9.41. The molecule has 1 saturated carbocycles. The molecule has 5 nitrogen and oxygen atoms in total. The number of amides is 1. The Morgan fingerprint density at radius 2 is 2.00 bits per heavy atom. The van der Waals surface area contributed by atoms with Crippen molar-refractivity contribution >= 4 is 12.0 Å². The van der Waals surface area contributed by atoms with Crippen molar-refractivity contribution in [1.29, 1.82) is 0 Å². The first-order valence-electron chi connectivity index (χ1n) is 8.70. The van der Waals surface area contributed by atoms with Crippen molar-refractivity contribution in [3.8, 4) is 11.5 Å². The lowest BCUT2D eigenvalue weighted by Gasteiger charge is -2.28. The van der Waals surface area contributed by atoms with Gasteiger partial charge in [-0.2, -0.15) is 0 Å². The van der Waals surface area contributed by atoms with E-state index < -0.39 is 0 Å².